The zero-order chi connectivity index (χ0) is 15.7. The fourth-order valence-corrected chi connectivity index (χ4v) is 2.67. The Balaban J connectivity index is 2.13. The summed E-state index contributed by atoms with van der Waals surface area (Å²) in [6.45, 7) is 7.18. The zero-order valence-electron chi connectivity index (χ0n) is 13.3. The average molecular weight is 288 g/mol. The lowest BCUT2D eigenvalue weighted by molar-refractivity contribution is 0.590. The fourth-order valence-electron chi connectivity index (χ4n) is 2.67. The van der Waals surface area contributed by atoms with Crippen molar-refractivity contribution in [1.29, 1.82) is 0 Å². The molecule has 0 saturated heterocycles. The van der Waals surface area contributed by atoms with Crippen molar-refractivity contribution in [3.05, 3.63) is 54.1 Å². The minimum absolute atomic E-state index is 0.150. The van der Waals surface area contributed by atoms with E-state index >= 15 is 0 Å². The second-order valence-corrected chi connectivity index (χ2v) is 6.54. The standard InChI is InChI=1S/C20H20N2/c1-5-14-22-18-9-7-6-8-17(18)21-19(22)15-10-12-16(13-11-15)20(2,3)4/h1,6-13H,14H2,2-4H3. The van der Waals surface area contributed by atoms with E-state index in [0.717, 1.165) is 22.4 Å². The number of hydrogen-bond acceptors (Lipinski definition) is 1. The highest BCUT2D eigenvalue weighted by molar-refractivity contribution is 5.80. The van der Waals surface area contributed by atoms with Gasteiger partial charge in [0, 0.05) is 5.56 Å². The summed E-state index contributed by atoms with van der Waals surface area (Å²) in [5, 5.41) is 0. The van der Waals surface area contributed by atoms with Gasteiger partial charge in [-0.05, 0) is 23.1 Å². The molecular formula is C20H20N2. The van der Waals surface area contributed by atoms with Crippen LogP contribution in [0.15, 0.2) is 48.5 Å². The van der Waals surface area contributed by atoms with Gasteiger partial charge in [0.15, 0.2) is 0 Å². The van der Waals surface area contributed by atoms with E-state index in [0.29, 0.717) is 6.54 Å². The van der Waals surface area contributed by atoms with Crippen molar-refractivity contribution in [1.82, 2.24) is 9.55 Å². The Morgan fingerprint density at radius 2 is 1.73 bits per heavy atom. The van der Waals surface area contributed by atoms with Crippen molar-refractivity contribution in [3.63, 3.8) is 0 Å². The van der Waals surface area contributed by atoms with Gasteiger partial charge in [0.25, 0.3) is 0 Å². The molecule has 0 aliphatic rings. The summed E-state index contributed by atoms with van der Waals surface area (Å²) in [6, 6.07) is 16.7. The van der Waals surface area contributed by atoms with Crippen LogP contribution in [-0.4, -0.2) is 9.55 Å². The molecule has 110 valence electrons. The molecule has 1 aromatic heterocycles. The molecule has 0 N–H and O–H groups in total. The zero-order valence-corrected chi connectivity index (χ0v) is 13.3. The van der Waals surface area contributed by atoms with Gasteiger partial charge in [-0.2, -0.15) is 0 Å². The van der Waals surface area contributed by atoms with Gasteiger partial charge in [0.2, 0.25) is 0 Å². The van der Waals surface area contributed by atoms with Crippen molar-refractivity contribution in [2.45, 2.75) is 32.7 Å². The molecule has 3 aromatic rings. The summed E-state index contributed by atoms with van der Waals surface area (Å²) in [7, 11) is 0. The molecule has 1 heterocycles. The molecule has 0 aliphatic heterocycles. The first-order valence-corrected chi connectivity index (χ1v) is 7.50. The number of fused-ring (bicyclic) bond motifs is 1. The fraction of sp³-hybridized carbons (Fsp3) is 0.250. The maximum absolute atomic E-state index is 5.54. The largest absolute Gasteiger partial charge is 0.312 e. The molecule has 22 heavy (non-hydrogen) atoms. The molecule has 0 bridgehead atoms. The van der Waals surface area contributed by atoms with E-state index in [1.165, 1.54) is 5.56 Å². The van der Waals surface area contributed by atoms with Crippen LogP contribution >= 0.6 is 0 Å². The van der Waals surface area contributed by atoms with E-state index in [4.69, 9.17) is 11.4 Å². The molecular weight excluding hydrogens is 268 g/mol. The number of benzene rings is 2. The lowest BCUT2D eigenvalue weighted by Crippen LogP contribution is -2.10. The summed E-state index contributed by atoms with van der Waals surface area (Å²) >= 11 is 0. The monoisotopic (exact) mass is 288 g/mol. The lowest BCUT2D eigenvalue weighted by atomic mass is 9.87. The summed E-state index contributed by atoms with van der Waals surface area (Å²) < 4.78 is 2.10. The highest BCUT2D eigenvalue weighted by Crippen LogP contribution is 2.28. The van der Waals surface area contributed by atoms with E-state index in [1.54, 1.807) is 0 Å². The maximum atomic E-state index is 5.54. The minimum Gasteiger partial charge on any atom is -0.312 e. The van der Waals surface area contributed by atoms with Crippen LogP contribution in [0, 0.1) is 12.3 Å². The molecule has 0 aliphatic carbocycles. The molecule has 2 aromatic carbocycles. The Labute approximate surface area is 131 Å². The molecule has 0 radical (unpaired) electrons. The first-order valence-electron chi connectivity index (χ1n) is 7.50. The SMILES string of the molecule is C#CCn1c(-c2ccc(C(C)(C)C)cc2)nc2ccccc21. The van der Waals surface area contributed by atoms with Crippen molar-refractivity contribution < 1.29 is 0 Å². The van der Waals surface area contributed by atoms with Gasteiger partial charge >= 0.3 is 0 Å². The van der Waals surface area contributed by atoms with Gasteiger partial charge in [0.1, 0.15) is 5.82 Å². The van der Waals surface area contributed by atoms with E-state index in [2.05, 4.69) is 61.6 Å². The Morgan fingerprint density at radius 3 is 2.36 bits per heavy atom. The van der Waals surface area contributed by atoms with Gasteiger partial charge in [0.05, 0.1) is 17.6 Å². The summed E-state index contributed by atoms with van der Waals surface area (Å²) in [6.07, 6.45) is 5.54. The normalized spacial score (nSPS) is 11.5. The molecule has 2 heteroatoms. The van der Waals surface area contributed by atoms with E-state index < -0.39 is 0 Å². The number of terminal acetylenes is 1. The summed E-state index contributed by atoms with van der Waals surface area (Å²) in [5.74, 6) is 3.66. The van der Waals surface area contributed by atoms with Crippen molar-refractivity contribution in [3.8, 4) is 23.7 Å². The van der Waals surface area contributed by atoms with Crippen molar-refractivity contribution in [2.24, 2.45) is 0 Å². The molecule has 2 nitrogen and oxygen atoms in total. The van der Waals surface area contributed by atoms with Crippen LogP contribution in [0.2, 0.25) is 0 Å². The van der Waals surface area contributed by atoms with Crippen LogP contribution in [0.4, 0.5) is 0 Å². The van der Waals surface area contributed by atoms with E-state index in [-0.39, 0.29) is 5.41 Å². The van der Waals surface area contributed by atoms with Crippen molar-refractivity contribution >= 4 is 11.0 Å². The number of aromatic nitrogens is 2. The number of imidazole rings is 1. The molecule has 0 atom stereocenters. The molecule has 3 rings (SSSR count). The number of rotatable bonds is 2. The second-order valence-electron chi connectivity index (χ2n) is 6.54. The van der Waals surface area contributed by atoms with Crippen molar-refractivity contribution in [2.75, 3.05) is 0 Å². The third kappa shape index (κ3) is 2.51. The van der Waals surface area contributed by atoms with E-state index in [1.807, 2.05) is 18.2 Å². The highest BCUT2D eigenvalue weighted by atomic mass is 15.1. The van der Waals surface area contributed by atoms with Crippen LogP contribution in [0.5, 0.6) is 0 Å². The van der Waals surface area contributed by atoms with Crippen LogP contribution in [0.1, 0.15) is 26.3 Å². The molecule has 0 unspecified atom stereocenters. The Hall–Kier alpha value is -2.53. The number of para-hydroxylation sites is 2. The minimum atomic E-state index is 0.150. The summed E-state index contributed by atoms with van der Waals surface area (Å²) in [4.78, 5) is 4.76. The highest BCUT2D eigenvalue weighted by Gasteiger charge is 2.15. The smallest absolute Gasteiger partial charge is 0.141 e. The molecule has 0 fully saturated rings. The molecule has 0 spiro atoms. The van der Waals surface area contributed by atoms with Crippen LogP contribution < -0.4 is 0 Å². The van der Waals surface area contributed by atoms with Crippen LogP contribution in [0.3, 0.4) is 0 Å². The van der Waals surface area contributed by atoms with Gasteiger partial charge in [-0.3, -0.25) is 0 Å². The van der Waals surface area contributed by atoms with Gasteiger partial charge in [-0.1, -0.05) is 63.1 Å². The lowest BCUT2D eigenvalue weighted by Gasteiger charge is -2.19. The predicted molar refractivity (Wildman–Crippen MR) is 92.7 cm³/mol. The Bertz CT molecular complexity index is 840. The summed E-state index contributed by atoms with van der Waals surface area (Å²) in [5.41, 5.74) is 4.62. The van der Waals surface area contributed by atoms with Gasteiger partial charge < -0.3 is 4.57 Å². The quantitative estimate of drug-likeness (QED) is 0.628. The van der Waals surface area contributed by atoms with Gasteiger partial charge in [-0.25, -0.2) is 4.98 Å². The first kappa shape index (κ1) is 14.4. The topological polar surface area (TPSA) is 17.8 Å². The van der Waals surface area contributed by atoms with Crippen LogP contribution in [-0.2, 0) is 12.0 Å². The third-order valence-electron chi connectivity index (χ3n) is 3.91. The number of hydrogen-bond donors (Lipinski definition) is 0. The number of nitrogens with zero attached hydrogens (tertiary/aromatic N) is 2. The third-order valence-corrected chi connectivity index (χ3v) is 3.91. The Morgan fingerprint density at radius 1 is 1.05 bits per heavy atom. The predicted octanol–water partition coefficient (Wildman–Crippen LogP) is 4.63. The van der Waals surface area contributed by atoms with Crippen LogP contribution in [0.25, 0.3) is 22.4 Å². The first-order chi connectivity index (χ1) is 10.5. The second kappa shape index (κ2) is 5.35. The average Bonchev–Trinajstić information content (AvgIpc) is 2.86. The maximum Gasteiger partial charge on any atom is 0.141 e. The van der Waals surface area contributed by atoms with E-state index in [9.17, 15) is 0 Å². The molecule has 0 saturated carbocycles. The van der Waals surface area contributed by atoms with Gasteiger partial charge in [-0.15, -0.1) is 6.42 Å². The Kier molecular flexibility index (Phi) is 3.50. The molecule has 0 amide bonds.